The van der Waals surface area contributed by atoms with Crippen LogP contribution in [-0.4, -0.2) is 12.0 Å². The summed E-state index contributed by atoms with van der Waals surface area (Å²) in [5.74, 6) is 0. The van der Waals surface area contributed by atoms with E-state index in [2.05, 4.69) is 55.7 Å². The molecule has 0 amide bonds. The van der Waals surface area contributed by atoms with Gasteiger partial charge in [-0.05, 0) is 18.7 Å². The van der Waals surface area contributed by atoms with E-state index in [1.54, 1.807) is 11.3 Å². The van der Waals surface area contributed by atoms with Gasteiger partial charge < -0.3 is 5.32 Å². The van der Waals surface area contributed by atoms with E-state index in [1.807, 2.05) is 7.05 Å². The molecule has 0 atom stereocenters. The quantitative estimate of drug-likeness (QED) is 0.907. The third-order valence-corrected chi connectivity index (χ3v) is 3.72. The summed E-state index contributed by atoms with van der Waals surface area (Å²) in [4.78, 5) is 4.75. The molecule has 0 radical (unpaired) electrons. The highest BCUT2D eigenvalue weighted by Gasteiger charge is 2.17. The second-order valence-electron chi connectivity index (χ2n) is 5.52. The van der Waals surface area contributed by atoms with Gasteiger partial charge in [0, 0.05) is 22.9 Å². The molecule has 3 heteroatoms. The molecule has 0 spiro atoms. The van der Waals surface area contributed by atoms with Gasteiger partial charge in [-0.2, -0.15) is 0 Å². The van der Waals surface area contributed by atoms with Crippen LogP contribution in [0.1, 0.15) is 32.0 Å². The summed E-state index contributed by atoms with van der Waals surface area (Å²) in [5, 5.41) is 6.45. The zero-order chi connectivity index (χ0) is 13.2. The molecule has 0 bridgehead atoms. The Bertz CT molecular complexity index is 523. The van der Waals surface area contributed by atoms with Crippen molar-refractivity contribution in [2.75, 3.05) is 7.05 Å². The van der Waals surface area contributed by atoms with Crippen LogP contribution in [0.3, 0.4) is 0 Å². The highest BCUT2D eigenvalue weighted by molar-refractivity contribution is 7.13. The fourth-order valence-corrected chi connectivity index (χ4v) is 2.81. The number of hydrogen-bond donors (Lipinski definition) is 1. The van der Waals surface area contributed by atoms with Crippen LogP contribution in [0.2, 0.25) is 0 Å². The van der Waals surface area contributed by atoms with Crippen molar-refractivity contribution >= 4 is 11.3 Å². The molecule has 1 aromatic carbocycles. The Kier molecular flexibility index (Phi) is 3.83. The zero-order valence-electron chi connectivity index (χ0n) is 11.4. The summed E-state index contributed by atoms with van der Waals surface area (Å²) in [6.07, 6.45) is 0. The summed E-state index contributed by atoms with van der Waals surface area (Å²) >= 11 is 1.72. The minimum Gasteiger partial charge on any atom is -0.316 e. The molecule has 2 aromatic rings. The summed E-state index contributed by atoms with van der Waals surface area (Å²) in [5.41, 5.74) is 3.80. The van der Waals surface area contributed by atoms with Crippen molar-refractivity contribution in [3.05, 3.63) is 40.9 Å². The molecular weight excluding hydrogens is 240 g/mol. The molecule has 0 unspecified atom stereocenters. The van der Waals surface area contributed by atoms with Crippen molar-refractivity contribution in [1.82, 2.24) is 10.3 Å². The van der Waals surface area contributed by atoms with Gasteiger partial charge >= 0.3 is 0 Å². The maximum absolute atomic E-state index is 4.75. The Morgan fingerprint density at radius 2 is 2.06 bits per heavy atom. The Hall–Kier alpha value is -1.19. The molecule has 0 saturated carbocycles. The van der Waals surface area contributed by atoms with Gasteiger partial charge in [0.25, 0.3) is 0 Å². The van der Waals surface area contributed by atoms with E-state index < -0.39 is 0 Å². The second-order valence-corrected chi connectivity index (χ2v) is 6.38. The number of nitrogens with one attached hydrogen (secondary N) is 1. The number of hydrogen-bond acceptors (Lipinski definition) is 3. The SMILES string of the molecule is CNCc1cccc(-c2nc(C(C)(C)C)cs2)c1. The first-order valence-corrected chi connectivity index (χ1v) is 7.08. The summed E-state index contributed by atoms with van der Waals surface area (Å²) in [7, 11) is 1.97. The average molecular weight is 260 g/mol. The van der Waals surface area contributed by atoms with Crippen LogP contribution in [0.15, 0.2) is 29.6 Å². The second kappa shape index (κ2) is 5.21. The zero-order valence-corrected chi connectivity index (χ0v) is 12.3. The lowest BCUT2D eigenvalue weighted by atomic mass is 9.93. The number of thiazole rings is 1. The minimum absolute atomic E-state index is 0.122. The average Bonchev–Trinajstić information content (AvgIpc) is 2.78. The molecule has 1 heterocycles. The predicted molar refractivity (Wildman–Crippen MR) is 79.0 cm³/mol. The van der Waals surface area contributed by atoms with Crippen molar-refractivity contribution in [2.24, 2.45) is 0 Å². The molecule has 0 aliphatic carbocycles. The lowest BCUT2D eigenvalue weighted by molar-refractivity contribution is 0.573. The molecular formula is C15H20N2S. The van der Waals surface area contributed by atoms with Gasteiger partial charge in [-0.25, -0.2) is 4.98 Å². The minimum atomic E-state index is 0.122. The predicted octanol–water partition coefficient (Wildman–Crippen LogP) is 3.83. The van der Waals surface area contributed by atoms with Gasteiger partial charge in [-0.3, -0.25) is 0 Å². The van der Waals surface area contributed by atoms with Gasteiger partial charge in [0.15, 0.2) is 0 Å². The van der Waals surface area contributed by atoms with Gasteiger partial charge in [0.05, 0.1) is 5.69 Å². The number of aromatic nitrogens is 1. The summed E-state index contributed by atoms with van der Waals surface area (Å²) in [6, 6.07) is 8.57. The van der Waals surface area contributed by atoms with Gasteiger partial charge in [0.1, 0.15) is 5.01 Å². The van der Waals surface area contributed by atoms with E-state index in [9.17, 15) is 0 Å². The van der Waals surface area contributed by atoms with Gasteiger partial charge in [-0.1, -0.05) is 39.0 Å². The topological polar surface area (TPSA) is 24.9 Å². The Morgan fingerprint density at radius 3 is 2.67 bits per heavy atom. The Morgan fingerprint density at radius 1 is 1.28 bits per heavy atom. The Labute approximate surface area is 113 Å². The van der Waals surface area contributed by atoms with E-state index in [-0.39, 0.29) is 5.41 Å². The van der Waals surface area contributed by atoms with Crippen LogP contribution >= 0.6 is 11.3 Å². The summed E-state index contributed by atoms with van der Waals surface area (Å²) in [6.45, 7) is 7.49. The van der Waals surface area contributed by atoms with Gasteiger partial charge in [-0.15, -0.1) is 11.3 Å². The van der Waals surface area contributed by atoms with E-state index in [0.29, 0.717) is 0 Å². The van der Waals surface area contributed by atoms with E-state index >= 15 is 0 Å². The summed E-state index contributed by atoms with van der Waals surface area (Å²) < 4.78 is 0. The van der Waals surface area contributed by atoms with E-state index in [0.717, 1.165) is 11.6 Å². The maximum atomic E-state index is 4.75. The van der Waals surface area contributed by atoms with Crippen molar-refractivity contribution in [3.8, 4) is 10.6 Å². The molecule has 18 heavy (non-hydrogen) atoms. The molecule has 0 fully saturated rings. The normalized spacial score (nSPS) is 11.8. The largest absolute Gasteiger partial charge is 0.316 e. The van der Waals surface area contributed by atoms with Crippen LogP contribution in [0.25, 0.3) is 10.6 Å². The Balaban J connectivity index is 2.31. The molecule has 1 aromatic heterocycles. The lowest BCUT2D eigenvalue weighted by Gasteiger charge is -2.14. The fraction of sp³-hybridized carbons (Fsp3) is 0.400. The monoisotopic (exact) mass is 260 g/mol. The standard InChI is InChI=1S/C15H20N2S/c1-15(2,3)13-10-18-14(17-13)12-7-5-6-11(8-12)9-16-4/h5-8,10,16H,9H2,1-4H3. The molecule has 96 valence electrons. The maximum Gasteiger partial charge on any atom is 0.123 e. The first-order valence-electron chi connectivity index (χ1n) is 6.20. The van der Waals surface area contributed by atoms with Crippen LogP contribution < -0.4 is 5.32 Å². The highest BCUT2D eigenvalue weighted by Crippen LogP contribution is 2.29. The third kappa shape index (κ3) is 2.98. The number of rotatable bonds is 3. The molecule has 2 nitrogen and oxygen atoms in total. The molecule has 0 aliphatic heterocycles. The van der Waals surface area contributed by atoms with Crippen molar-refractivity contribution in [2.45, 2.75) is 32.7 Å². The van der Waals surface area contributed by atoms with Gasteiger partial charge in [0.2, 0.25) is 0 Å². The molecule has 0 saturated heterocycles. The van der Waals surface area contributed by atoms with Crippen LogP contribution in [0, 0.1) is 0 Å². The highest BCUT2D eigenvalue weighted by atomic mass is 32.1. The third-order valence-electron chi connectivity index (χ3n) is 2.83. The van der Waals surface area contributed by atoms with Crippen LogP contribution in [-0.2, 0) is 12.0 Å². The first kappa shape index (κ1) is 13.2. The van der Waals surface area contributed by atoms with Crippen molar-refractivity contribution < 1.29 is 0 Å². The van der Waals surface area contributed by atoms with E-state index in [4.69, 9.17) is 4.98 Å². The molecule has 1 N–H and O–H groups in total. The van der Waals surface area contributed by atoms with Crippen LogP contribution in [0.4, 0.5) is 0 Å². The lowest BCUT2D eigenvalue weighted by Crippen LogP contribution is -2.11. The first-order chi connectivity index (χ1) is 8.50. The van der Waals surface area contributed by atoms with Crippen molar-refractivity contribution in [1.29, 1.82) is 0 Å². The number of benzene rings is 1. The fourth-order valence-electron chi connectivity index (χ4n) is 1.77. The van der Waals surface area contributed by atoms with Crippen LogP contribution in [0.5, 0.6) is 0 Å². The van der Waals surface area contributed by atoms with Crippen molar-refractivity contribution in [3.63, 3.8) is 0 Å². The molecule has 0 aliphatic rings. The van der Waals surface area contributed by atoms with E-state index in [1.165, 1.54) is 16.8 Å². The smallest absolute Gasteiger partial charge is 0.123 e. The number of nitrogens with zero attached hydrogens (tertiary/aromatic N) is 1. The molecule has 2 rings (SSSR count).